The van der Waals surface area contributed by atoms with Crippen LogP contribution >= 0.6 is 0 Å². The Bertz CT molecular complexity index is 1720. The van der Waals surface area contributed by atoms with Crippen molar-refractivity contribution in [3.8, 4) is 0 Å². The zero-order valence-corrected chi connectivity index (χ0v) is 32.4. The second kappa shape index (κ2) is 11.5. The predicted molar refractivity (Wildman–Crippen MR) is 201 cm³/mol. The van der Waals surface area contributed by atoms with E-state index in [1.54, 1.807) is 12.1 Å². The molecule has 7 aliphatic rings. The summed E-state index contributed by atoms with van der Waals surface area (Å²) in [7, 11) is -2.84. The van der Waals surface area contributed by atoms with Crippen molar-refractivity contribution in [3.63, 3.8) is 0 Å². The standard InChI is InChI=1S/C43H62N2O4S/c1-27(2)32-14-19-43(44-22-23-45-25-31-24-30(45)26-50(31,48)49)21-20-41(6)34(37(32)43)12-13-36-40(5)17-15-33(28-8-10-29(11-9-28)38(46)47)39(3,4)35(40)16-18-42(36,41)7/h8-11,15,30-32,34-37,44H,1,12-14,16-26H2,2-7H3,(H,46,47)/p+1. The maximum absolute atomic E-state index is 12.4. The first kappa shape index (κ1) is 35.1. The fourth-order valence-electron chi connectivity index (χ4n) is 15.0. The molecule has 2 heterocycles. The highest BCUT2D eigenvalue weighted by molar-refractivity contribution is 7.92. The van der Waals surface area contributed by atoms with Crippen molar-refractivity contribution >= 4 is 21.4 Å². The van der Waals surface area contributed by atoms with Gasteiger partial charge >= 0.3 is 5.97 Å². The summed E-state index contributed by atoms with van der Waals surface area (Å²) in [5.74, 6) is 2.68. The first-order valence-corrected chi connectivity index (χ1v) is 21.7. The number of quaternary nitrogens is 1. The number of likely N-dealkylation sites (tertiary alicyclic amines) is 1. The molecule has 1 aromatic carbocycles. The van der Waals surface area contributed by atoms with Gasteiger partial charge in [-0.05, 0) is 139 Å². The number of carboxylic acids is 1. The fourth-order valence-corrected chi connectivity index (χ4v) is 17.2. The summed E-state index contributed by atoms with van der Waals surface area (Å²) in [6.07, 6.45) is 14.7. The van der Waals surface area contributed by atoms with Gasteiger partial charge in [0.05, 0.1) is 18.7 Å². The summed E-state index contributed by atoms with van der Waals surface area (Å²) >= 11 is 0. The second-order valence-corrected chi connectivity index (χ2v) is 22.0. The lowest BCUT2D eigenvalue weighted by molar-refractivity contribution is -0.909. The van der Waals surface area contributed by atoms with Crippen LogP contribution in [0.4, 0.5) is 0 Å². The number of carboxylic acid groups (broad SMARTS) is 1. The number of nitrogens with one attached hydrogen (secondary N) is 2. The lowest BCUT2D eigenvalue weighted by Crippen LogP contribution is -3.16. The van der Waals surface area contributed by atoms with Crippen LogP contribution in [0.1, 0.15) is 122 Å². The monoisotopic (exact) mass is 703 g/mol. The molecule has 2 bridgehead atoms. The van der Waals surface area contributed by atoms with E-state index in [0.717, 1.165) is 32.5 Å². The van der Waals surface area contributed by atoms with Crippen LogP contribution in [0, 0.1) is 51.2 Å². The largest absolute Gasteiger partial charge is 0.478 e. The van der Waals surface area contributed by atoms with Crippen LogP contribution in [0.2, 0.25) is 0 Å². The minimum Gasteiger partial charge on any atom is -0.478 e. The van der Waals surface area contributed by atoms with Gasteiger partial charge in [0.2, 0.25) is 0 Å². The Balaban J connectivity index is 1.05. The highest BCUT2D eigenvalue weighted by atomic mass is 32.2. The van der Waals surface area contributed by atoms with E-state index in [2.05, 4.69) is 59.5 Å². The number of sulfone groups is 1. The summed E-state index contributed by atoms with van der Waals surface area (Å²) in [6.45, 7) is 22.7. The average molecular weight is 704 g/mol. The summed E-state index contributed by atoms with van der Waals surface area (Å²) in [6, 6.07) is 7.90. The molecule has 8 rings (SSSR count). The minimum absolute atomic E-state index is 0.0139. The number of hydrogen-bond donors (Lipinski definition) is 3. The highest BCUT2D eigenvalue weighted by Gasteiger charge is 2.70. The van der Waals surface area contributed by atoms with Gasteiger partial charge in [-0.3, -0.25) is 0 Å². The van der Waals surface area contributed by atoms with Gasteiger partial charge in [-0.1, -0.05) is 65.0 Å². The van der Waals surface area contributed by atoms with Crippen molar-refractivity contribution in [1.29, 1.82) is 0 Å². The summed E-state index contributed by atoms with van der Waals surface area (Å²) < 4.78 is 24.8. The van der Waals surface area contributed by atoms with Crippen LogP contribution in [0.5, 0.6) is 0 Å². The van der Waals surface area contributed by atoms with E-state index in [9.17, 15) is 18.3 Å². The summed E-state index contributed by atoms with van der Waals surface area (Å²) in [5, 5.41) is 13.7. The molecule has 12 unspecified atom stereocenters. The number of hydrogen-bond acceptors (Lipinski definition) is 4. The maximum Gasteiger partial charge on any atom is 0.335 e. The Kier molecular flexibility index (Phi) is 8.08. The Morgan fingerprint density at radius 2 is 1.70 bits per heavy atom. The van der Waals surface area contributed by atoms with Crippen LogP contribution in [0.25, 0.3) is 5.57 Å². The topological polar surface area (TPSA) is 87.9 Å². The van der Waals surface area contributed by atoms with Crippen molar-refractivity contribution in [3.05, 3.63) is 53.6 Å². The molecule has 2 saturated heterocycles. The third-order valence-electron chi connectivity index (χ3n) is 17.6. The SMILES string of the molecule is C=C(C)C1CCC2(NCC[NH+]3CC4CC3CS4(=O)=O)CCC3(C)C(CCC4C5(C)CC=C(c6ccc(C(=O)O)cc6)C(C)(C)C5CCC43C)C12. The summed E-state index contributed by atoms with van der Waals surface area (Å²) in [4.78, 5) is 13.1. The molecule has 12 atom stereocenters. The van der Waals surface area contributed by atoms with Gasteiger partial charge in [0, 0.05) is 18.5 Å². The van der Waals surface area contributed by atoms with E-state index in [0.29, 0.717) is 46.9 Å². The van der Waals surface area contributed by atoms with Gasteiger partial charge in [0.25, 0.3) is 0 Å². The zero-order chi connectivity index (χ0) is 35.6. The number of allylic oxidation sites excluding steroid dienone is 3. The Labute approximate surface area is 301 Å². The molecule has 6 nitrogen and oxygen atoms in total. The number of benzene rings is 1. The van der Waals surface area contributed by atoms with Crippen LogP contribution in [0.15, 0.2) is 42.5 Å². The molecule has 1 aromatic rings. The smallest absolute Gasteiger partial charge is 0.335 e. The first-order chi connectivity index (χ1) is 23.5. The zero-order valence-electron chi connectivity index (χ0n) is 31.6. The molecule has 50 heavy (non-hydrogen) atoms. The van der Waals surface area contributed by atoms with Gasteiger partial charge in [0.15, 0.2) is 9.84 Å². The quantitative estimate of drug-likeness (QED) is 0.271. The van der Waals surface area contributed by atoms with E-state index >= 15 is 0 Å². The van der Waals surface area contributed by atoms with Gasteiger partial charge < -0.3 is 15.3 Å². The van der Waals surface area contributed by atoms with Crippen molar-refractivity contribution in [1.82, 2.24) is 5.32 Å². The van der Waals surface area contributed by atoms with E-state index in [4.69, 9.17) is 0 Å². The van der Waals surface area contributed by atoms with E-state index in [1.807, 2.05) is 12.1 Å². The fraction of sp³-hybridized carbons (Fsp3) is 0.744. The molecular formula is C43H63N2O4S+. The van der Waals surface area contributed by atoms with Gasteiger partial charge in [0.1, 0.15) is 17.0 Å². The number of rotatable bonds is 7. The van der Waals surface area contributed by atoms with Crippen LogP contribution in [-0.2, 0) is 9.84 Å². The van der Waals surface area contributed by atoms with Crippen molar-refractivity contribution in [2.75, 3.05) is 25.4 Å². The normalized spacial score (nSPS) is 46.6. The van der Waals surface area contributed by atoms with Crippen molar-refractivity contribution < 1.29 is 23.2 Å². The molecule has 2 aliphatic heterocycles. The molecule has 4 saturated carbocycles. The van der Waals surface area contributed by atoms with Crippen LogP contribution in [-0.4, -0.2) is 61.7 Å². The lowest BCUT2D eigenvalue weighted by atomic mass is 9.33. The van der Waals surface area contributed by atoms with Crippen molar-refractivity contribution in [2.24, 2.45) is 51.2 Å². The van der Waals surface area contributed by atoms with Gasteiger partial charge in [-0.25, -0.2) is 13.2 Å². The Morgan fingerprint density at radius 1 is 0.960 bits per heavy atom. The molecule has 0 radical (unpaired) electrons. The van der Waals surface area contributed by atoms with E-state index < -0.39 is 15.8 Å². The maximum atomic E-state index is 12.4. The minimum atomic E-state index is -2.84. The van der Waals surface area contributed by atoms with Crippen molar-refractivity contribution in [2.45, 2.75) is 123 Å². The highest BCUT2D eigenvalue weighted by Crippen LogP contribution is 2.76. The molecular weight excluding hydrogens is 641 g/mol. The third-order valence-corrected chi connectivity index (χ3v) is 19.8. The van der Waals surface area contributed by atoms with Crippen LogP contribution in [0.3, 0.4) is 0 Å². The predicted octanol–water partition coefficient (Wildman–Crippen LogP) is 6.83. The lowest BCUT2D eigenvalue weighted by Gasteiger charge is -2.72. The molecule has 274 valence electrons. The Hall–Kier alpha value is -1.96. The molecule has 5 aliphatic carbocycles. The van der Waals surface area contributed by atoms with Gasteiger partial charge in [-0.2, -0.15) is 0 Å². The third kappa shape index (κ3) is 4.83. The number of carbonyl (C=O) groups is 1. The Morgan fingerprint density at radius 3 is 2.34 bits per heavy atom. The first-order valence-electron chi connectivity index (χ1n) is 20.0. The molecule has 7 heteroatoms. The molecule has 3 N–H and O–H groups in total. The molecule has 0 aromatic heterocycles. The second-order valence-electron chi connectivity index (χ2n) is 19.7. The molecule has 0 spiro atoms. The number of fused-ring (bicyclic) bond motifs is 9. The van der Waals surface area contributed by atoms with Crippen LogP contribution < -0.4 is 10.2 Å². The average Bonchev–Trinajstić information content (AvgIpc) is 3.72. The van der Waals surface area contributed by atoms with E-state index in [1.165, 1.54) is 73.0 Å². The number of aromatic carboxylic acids is 1. The molecule has 0 amide bonds. The summed E-state index contributed by atoms with van der Waals surface area (Å²) in [5.41, 5.74) is 5.29. The molecule has 6 fully saturated rings. The van der Waals surface area contributed by atoms with E-state index in [-0.39, 0.29) is 32.4 Å². The van der Waals surface area contributed by atoms with Gasteiger partial charge in [-0.15, -0.1) is 0 Å².